The molecule has 6 aromatic carbocycles. The van der Waals surface area contributed by atoms with E-state index in [9.17, 15) is 0 Å². The van der Waals surface area contributed by atoms with E-state index in [1.807, 2.05) is 0 Å². The molecule has 0 spiro atoms. The van der Waals surface area contributed by atoms with E-state index in [2.05, 4.69) is 136 Å². The molecule has 0 N–H and O–H groups in total. The molecule has 0 heterocycles. The summed E-state index contributed by atoms with van der Waals surface area (Å²) in [4.78, 5) is 0. The zero-order valence-corrected chi connectivity index (χ0v) is 22.0. The lowest BCUT2D eigenvalue weighted by Crippen LogP contribution is -2.15. The SMILES string of the molecule is Cc1ccc(-c2ccc3c(c2)C(C)(C)c2cc(-c4ccc5c6c(cccc46)-c4ccccc4-5)ccc2-3)cc1. The molecule has 0 saturated heterocycles. The summed E-state index contributed by atoms with van der Waals surface area (Å²) in [5.41, 5.74) is 17.4. The van der Waals surface area contributed by atoms with Gasteiger partial charge >= 0.3 is 0 Å². The average Bonchev–Trinajstić information content (AvgIpc) is 3.39. The van der Waals surface area contributed by atoms with Crippen molar-refractivity contribution in [2.45, 2.75) is 26.2 Å². The lowest BCUT2D eigenvalue weighted by Gasteiger charge is -2.23. The summed E-state index contributed by atoms with van der Waals surface area (Å²) in [6, 6.07) is 43.3. The summed E-state index contributed by atoms with van der Waals surface area (Å²) in [7, 11) is 0. The fraction of sp³-hybridized carbons (Fsp3) is 0.105. The van der Waals surface area contributed by atoms with Crippen LogP contribution in [0.25, 0.3) is 66.4 Å². The third-order valence-electron chi connectivity index (χ3n) is 8.92. The predicted molar refractivity (Wildman–Crippen MR) is 162 cm³/mol. The van der Waals surface area contributed by atoms with Crippen molar-refractivity contribution in [1.29, 1.82) is 0 Å². The van der Waals surface area contributed by atoms with Crippen LogP contribution >= 0.6 is 0 Å². The molecular weight excluding hydrogens is 456 g/mol. The van der Waals surface area contributed by atoms with Crippen LogP contribution in [0, 0.1) is 6.92 Å². The molecule has 0 aromatic heterocycles. The maximum Gasteiger partial charge on any atom is 0.0159 e. The normalized spacial score (nSPS) is 13.9. The smallest absolute Gasteiger partial charge is 0.0159 e. The van der Waals surface area contributed by atoms with Crippen LogP contribution in [0.1, 0.15) is 30.5 Å². The summed E-state index contributed by atoms with van der Waals surface area (Å²) < 4.78 is 0. The van der Waals surface area contributed by atoms with Gasteiger partial charge in [-0.15, -0.1) is 0 Å². The molecule has 2 aliphatic carbocycles. The van der Waals surface area contributed by atoms with Gasteiger partial charge in [0.05, 0.1) is 0 Å². The molecule has 0 bridgehead atoms. The summed E-state index contributed by atoms with van der Waals surface area (Å²) in [6.07, 6.45) is 0. The molecule has 0 atom stereocenters. The van der Waals surface area contributed by atoms with Gasteiger partial charge in [0, 0.05) is 5.41 Å². The maximum absolute atomic E-state index is 2.45. The predicted octanol–water partition coefficient (Wildman–Crippen LogP) is 10.4. The minimum absolute atomic E-state index is 0.0630. The van der Waals surface area contributed by atoms with Crippen molar-refractivity contribution in [3.8, 4) is 55.6 Å². The molecule has 2 aliphatic rings. The van der Waals surface area contributed by atoms with E-state index in [0.29, 0.717) is 0 Å². The van der Waals surface area contributed by atoms with Gasteiger partial charge in [0.2, 0.25) is 0 Å². The second-order valence-electron chi connectivity index (χ2n) is 11.4. The van der Waals surface area contributed by atoms with E-state index in [1.165, 1.54) is 83.1 Å². The molecule has 0 unspecified atom stereocenters. The Balaban J connectivity index is 1.27. The van der Waals surface area contributed by atoms with Crippen LogP contribution in [0.4, 0.5) is 0 Å². The standard InChI is InChI=1S/C38H28/c1-23-11-13-24(14-12-23)25-15-17-30-31-18-16-26(22-36(31)38(2,3)35(30)21-25)27-19-20-34-29-8-5-4-7-28(29)33-10-6-9-32(27)37(33)34/h4-22H,1-3H3. The van der Waals surface area contributed by atoms with Crippen LogP contribution in [0.15, 0.2) is 115 Å². The van der Waals surface area contributed by atoms with Gasteiger partial charge in [0.25, 0.3) is 0 Å². The second kappa shape index (κ2) is 7.55. The van der Waals surface area contributed by atoms with E-state index < -0.39 is 0 Å². The Hall–Kier alpha value is -4.42. The zero-order valence-electron chi connectivity index (χ0n) is 22.0. The highest BCUT2D eigenvalue weighted by Crippen LogP contribution is 2.52. The first-order valence-corrected chi connectivity index (χ1v) is 13.5. The van der Waals surface area contributed by atoms with Crippen molar-refractivity contribution in [1.82, 2.24) is 0 Å². The van der Waals surface area contributed by atoms with Gasteiger partial charge in [-0.1, -0.05) is 123 Å². The Kier molecular flexibility index (Phi) is 4.30. The zero-order chi connectivity index (χ0) is 25.6. The Morgan fingerprint density at radius 3 is 1.66 bits per heavy atom. The first-order valence-electron chi connectivity index (χ1n) is 13.5. The average molecular weight is 485 g/mol. The fourth-order valence-electron chi connectivity index (χ4n) is 6.89. The van der Waals surface area contributed by atoms with Crippen LogP contribution in [0.2, 0.25) is 0 Å². The quantitative estimate of drug-likeness (QED) is 0.229. The number of fused-ring (bicyclic) bond motifs is 6. The molecular formula is C38H28. The maximum atomic E-state index is 2.45. The number of hydrogen-bond acceptors (Lipinski definition) is 0. The molecule has 0 nitrogen and oxygen atoms in total. The molecule has 38 heavy (non-hydrogen) atoms. The highest BCUT2D eigenvalue weighted by molar-refractivity contribution is 6.18. The van der Waals surface area contributed by atoms with Crippen molar-refractivity contribution in [3.05, 3.63) is 132 Å². The topological polar surface area (TPSA) is 0 Å². The van der Waals surface area contributed by atoms with Crippen LogP contribution in [-0.4, -0.2) is 0 Å². The third kappa shape index (κ3) is 2.86. The van der Waals surface area contributed by atoms with Gasteiger partial charge in [-0.25, -0.2) is 0 Å². The fourth-order valence-corrected chi connectivity index (χ4v) is 6.89. The summed E-state index contributed by atoms with van der Waals surface area (Å²) >= 11 is 0. The lowest BCUT2D eigenvalue weighted by atomic mass is 9.80. The molecule has 6 aromatic rings. The number of benzene rings is 6. The number of hydrogen-bond donors (Lipinski definition) is 0. The van der Waals surface area contributed by atoms with Crippen LogP contribution < -0.4 is 0 Å². The Morgan fingerprint density at radius 2 is 0.947 bits per heavy atom. The monoisotopic (exact) mass is 484 g/mol. The summed E-state index contributed by atoms with van der Waals surface area (Å²) in [5, 5.41) is 2.73. The molecule has 0 amide bonds. The van der Waals surface area contributed by atoms with Gasteiger partial charge < -0.3 is 0 Å². The molecule has 0 saturated carbocycles. The van der Waals surface area contributed by atoms with Gasteiger partial charge in [-0.2, -0.15) is 0 Å². The van der Waals surface area contributed by atoms with Crippen LogP contribution in [0.5, 0.6) is 0 Å². The van der Waals surface area contributed by atoms with E-state index in [-0.39, 0.29) is 5.41 Å². The van der Waals surface area contributed by atoms with Crippen LogP contribution in [-0.2, 0) is 5.41 Å². The van der Waals surface area contributed by atoms with Gasteiger partial charge in [0.1, 0.15) is 0 Å². The van der Waals surface area contributed by atoms with Crippen LogP contribution in [0.3, 0.4) is 0 Å². The Bertz CT molecular complexity index is 1900. The molecule has 0 radical (unpaired) electrons. The van der Waals surface area contributed by atoms with Crippen molar-refractivity contribution in [2.24, 2.45) is 0 Å². The second-order valence-corrected chi connectivity index (χ2v) is 11.4. The first-order chi connectivity index (χ1) is 18.5. The minimum Gasteiger partial charge on any atom is -0.0616 e. The summed E-state index contributed by atoms with van der Waals surface area (Å²) in [5.74, 6) is 0. The molecule has 0 fully saturated rings. The lowest BCUT2D eigenvalue weighted by molar-refractivity contribution is 0.661. The van der Waals surface area contributed by atoms with Crippen molar-refractivity contribution < 1.29 is 0 Å². The van der Waals surface area contributed by atoms with E-state index in [4.69, 9.17) is 0 Å². The highest BCUT2D eigenvalue weighted by Gasteiger charge is 2.36. The van der Waals surface area contributed by atoms with Gasteiger partial charge in [0.15, 0.2) is 0 Å². The molecule has 180 valence electrons. The largest absolute Gasteiger partial charge is 0.0616 e. The molecule has 0 aliphatic heterocycles. The van der Waals surface area contributed by atoms with E-state index in [0.717, 1.165) is 0 Å². The van der Waals surface area contributed by atoms with Crippen molar-refractivity contribution >= 4 is 10.8 Å². The third-order valence-corrected chi connectivity index (χ3v) is 8.92. The van der Waals surface area contributed by atoms with Crippen molar-refractivity contribution in [3.63, 3.8) is 0 Å². The molecule has 8 rings (SSSR count). The van der Waals surface area contributed by atoms with Gasteiger partial charge in [-0.3, -0.25) is 0 Å². The Morgan fingerprint density at radius 1 is 0.421 bits per heavy atom. The molecule has 0 heteroatoms. The highest BCUT2D eigenvalue weighted by atomic mass is 14.4. The van der Waals surface area contributed by atoms with E-state index in [1.54, 1.807) is 0 Å². The number of aryl methyl sites for hydroxylation is 1. The minimum atomic E-state index is -0.0630. The Labute approximate surface area is 224 Å². The van der Waals surface area contributed by atoms with E-state index >= 15 is 0 Å². The van der Waals surface area contributed by atoms with Gasteiger partial charge in [-0.05, 0) is 96.6 Å². The van der Waals surface area contributed by atoms with Crippen molar-refractivity contribution in [2.75, 3.05) is 0 Å². The summed E-state index contributed by atoms with van der Waals surface area (Å²) in [6.45, 7) is 6.90. The first kappa shape index (κ1) is 21.6. The number of rotatable bonds is 2.